The summed E-state index contributed by atoms with van der Waals surface area (Å²) in [6, 6.07) is -0.561. The number of piperidine rings is 1. The van der Waals surface area contributed by atoms with E-state index >= 15 is 0 Å². The molecule has 0 aromatic heterocycles. The molecule has 0 aliphatic carbocycles. The van der Waals surface area contributed by atoms with E-state index in [0.717, 1.165) is 25.9 Å². The van der Waals surface area contributed by atoms with Gasteiger partial charge in [-0.3, -0.25) is 4.79 Å². The summed E-state index contributed by atoms with van der Waals surface area (Å²) >= 11 is 0. The van der Waals surface area contributed by atoms with Gasteiger partial charge in [0.25, 0.3) is 0 Å². The number of rotatable bonds is 4. The lowest BCUT2D eigenvalue weighted by Gasteiger charge is -2.22. The Balaban J connectivity index is 2.26. The lowest BCUT2D eigenvalue weighted by molar-refractivity contribution is -0.144. The van der Waals surface area contributed by atoms with Gasteiger partial charge in [-0.2, -0.15) is 0 Å². The zero-order valence-corrected chi connectivity index (χ0v) is 9.91. The van der Waals surface area contributed by atoms with Crippen LogP contribution in [0.3, 0.4) is 0 Å². The van der Waals surface area contributed by atoms with Crippen molar-refractivity contribution in [3.05, 3.63) is 0 Å². The van der Waals surface area contributed by atoms with Gasteiger partial charge in [0.05, 0.1) is 7.11 Å². The van der Waals surface area contributed by atoms with E-state index in [-0.39, 0.29) is 5.91 Å². The van der Waals surface area contributed by atoms with Crippen LogP contribution in [0.4, 0.5) is 0 Å². The molecule has 1 amide bonds. The summed E-state index contributed by atoms with van der Waals surface area (Å²) in [5.74, 6) is -0.0969. The molecule has 1 heterocycles. The molecule has 0 bridgehead atoms. The van der Waals surface area contributed by atoms with Crippen LogP contribution < -0.4 is 10.6 Å². The highest BCUT2D eigenvalue weighted by Gasteiger charge is 2.20. The molecule has 0 spiro atoms. The molecule has 0 radical (unpaired) electrons. The minimum atomic E-state index is -0.561. The first-order valence-electron chi connectivity index (χ1n) is 5.71. The topological polar surface area (TPSA) is 67.4 Å². The molecule has 5 nitrogen and oxygen atoms in total. The fourth-order valence-electron chi connectivity index (χ4n) is 1.90. The Labute approximate surface area is 95.9 Å². The lowest BCUT2D eigenvalue weighted by atomic mass is 9.96. The summed E-state index contributed by atoms with van der Waals surface area (Å²) < 4.78 is 4.54. The smallest absolute Gasteiger partial charge is 0.328 e. The van der Waals surface area contributed by atoms with Crippen LogP contribution in [0.25, 0.3) is 0 Å². The van der Waals surface area contributed by atoms with Crippen LogP contribution in [-0.2, 0) is 14.3 Å². The molecule has 0 aromatic carbocycles. The third kappa shape index (κ3) is 4.18. The standard InChI is InChI=1S/C11H20N2O3/c1-8(11(15)16-2)13-10(14)6-9-4-3-5-12-7-9/h8-9,12H,3-7H2,1-2H3,(H,13,14). The number of carbonyl (C=O) groups is 2. The van der Waals surface area contributed by atoms with Crippen molar-refractivity contribution in [1.29, 1.82) is 0 Å². The summed E-state index contributed by atoms with van der Waals surface area (Å²) in [5.41, 5.74) is 0. The lowest BCUT2D eigenvalue weighted by Crippen LogP contribution is -2.41. The molecule has 92 valence electrons. The number of nitrogens with one attached hydrogen (secondary N) is 2. The van der Waals surface area contributed by atoms with Crippen LogP contribution in [0.1, 0.15) is 26.2 Å². The highest BCUT2D eigenvalue weighted by atomic mass is 16.5. The van der Waals surface area contributed by atoms with Gasteiger partial charge in [-0.1, -0.05) is 0 Å². The molecular formula is C11H20N2O3. The predicted octanol–water partition coefficient (Wildman–Crippen LogP) is 0.0538. The highest BCUT2D eigenvalue weighted by Crippen LogP contribution is 2.13. The zero-order valence-electron chi connectivity index (χ0n) is 9.91. The average molecular weight is 228 g/mol. The first-order chi connectivity index (χ1) is 7.63. The molecule has 1 aliphatic rings. The Bertz CT molecular complexity index is 250. The first-order valence-corrected chi connectivity index (χ1v) is 5.71. The minimum absolute atomic E-state index is 0.0772. The fraction of sp³-hybridized carbons (Fsp3) is 0.818. The van der Waals surface area contributed by atoms with E-state index in [1.807, 2.05) is 0 Å². The van der Waals surface area contributed by atoms with Crippen molar-refractivity contribution in [1.82, 2.24) is 10.6 Å². The van der Waals surface area contributed by atoms with Gasteiger partial charge < -0.3 is 15.4 Å². The molecule has 1 fully saturated rings. The van der Waals surface area contributed by atoms with Gasteiger partial charge in [-0.25, -0.2) is 4.79 Å². The maximum atomic E-state index is 11.6. The highest BCUT2D eigenvalue weighted by molar-refractivity contribution is 5.84. The van der Waals surface area contributed by atoms with E-state index in [1.54, 1.807) is 6.92 Å². The van der Waals surface area contributed by atoms with Crippen LogP contribution in [-0.4, -0.2) is 38.1 Å². The summed E-state index contributed by atoms with van der Waals surface area (Å²) in [6.45, 7) is 3.56. The number of hydrogen-bond donors (Lipinski definition) is 2. The molecular weight excluding hydrogens is 208 g/mol. The van der Waals surface area contributed by atoms with Gasteiger partial charge in [-0.05, 0) is 38.8 Å². The Morgan fingerprint density at radius 2 is 2.31 bits per heavy atom. The van der Waals surface area contributed by atoms with Gasteiger partial charge >= 0.3 is 5.97 Å². The van der Waals surface area contributed by atoms with E-state index < -0.39 is 12.0 Å². The number of carbonyl (C=O) groups excluding carboxylic acids is 2. The van der Waals surface area contributed by atoms with E-state index in [9.17, 15) is 9.59 Å². The molecule has 0 aromatic rings. The minimum Gasteiger partial charge on any atom is -0.467 e. The molecule has 5 heteroatoms. The van der Waals surface area contributed by atoms with Gasteiger partial charge in [0, 0.05) is 6.42 Å². The van der Waals surface area contributed by atoms with Crippen LogP contribution in [0, 0.1) is 5.92 Å². The Morgan fingerprint density at radius 3 is 2.88 bits per heavy atom. The predicted molar refractivity (Wildman–Crippen MR) is 59.8 cm³/mol. The van der Waals surface area contributed by atoms with Crippen molar-refractivity contribution in [2.75, 3.05) is 20.2 Å². The third-order valence-electron chi connectivity index (χ3n) is 2.81. The van der Waals surface area contributed by atoms with Gasteiger partial charge in [-0.15, -0.1) is 0 Å². The summed E-state index contributed by atoms with van der Waals surface area (Å²) in [6.07, 6.45) is 2.67. The Kier molecular flexibility index (Phi) is 5.25. The number of esters is 1. The van der Waals surface area contributed by atoms with Crippen LogP contribution >= 0.6 is 0 Å². The third-order valence-corrected chi connectivity index (χ3v) is 2.81. The monoisotopic (exact) mass is 228 g/mol. The summed E-state index contributed by atoms with van der Waals surface area (Å²) in [4.78, 5) is 22.7. The maximum absolute atomic E-state index is 11.6. The van der Waals surface area contributed by atoms with Crippen LogP contribution in [0.2, 0.25) is 0 Å². The van der Waals surface area contributed by atoms with E-state index in [2.05, 4.69) is 15.4 Å². The van der Waals surface area contributed by atoms with Crippen molar-refractivity contribution in [2.45, 2.75) is 32.2 Å². The van der Waals surface area contributed by atoms with Crippen molar-refractivity contribution in [3.63, 3.8) is 0 Å². The van der Waals surface area contributed by atoms with Crippen molar-refractivity contribution >= 4 is 11.9 Å². The molecule has 1 rings (SSSR count). The fourth-order valence-corrected chi connectivity index (χ4v) is 1.90. The number of ether oxygens (including phenoxy) is 1. The molecule has 2 atom stereocenters. The second-order valence-electron chi connectivity index (χ2n) is 4.23. The number of amides is 1. The van der Waals surface area contributed by atoms with Crippen molar-refractivity contribution < 1.29 is 14.3 Å². The first kappa shape index (κ1) is 13.0. The summed E-state index contributed by atoms with van der Waals surface area (Å²) in [7, 11) is 1.32. The van der Waals surface area contributed by atoms with Crippen molar-refractivity contribution in [3.8, 4) is 0 Å². The van der Waals surface area contributed by atoms with E-state index in [4.69, 9.17) is 0 Å². The Morgan fingerprint density at radius 1 is 1.56 bits per heavy atom. The largest absolute Gasteiger partial charge is 0.467 e. The van der Waals surface area contributed by atoms with Gasteiger partial charge in [0.15, 0.2) is 0 Å². The van der Waals surface area contributed by atoms with E-state index in [1.165, 1.54) is 7.11 Å². The second-order valence-corrected chi connectivity index (χ2v) is 4.23. The van der Waals surface area contributed by atoms with Crippen molar-refractivity contribution in [2.24, 2.45) is 5.92 Å². The quantitative estimate of drug-likeness (QED) is 0.667. The van der Waals surface area contributed by atoms with Gasteiger partial charge in [0.1, 0.15) is 6.04 Å². The van der Waals surface area contributed by atoms with E-state index in [0.29, 0.717) is 12.3 Å². The normalized spacial score (nSPS) is 22.2. The molecule has 1 aliphatic heterocycles. The average Bonchev–Trinajstić information content (AvgIpc) is 2.29. The molecule has 2 N–H and O–H groups in total. The summed E-state index contributed by atoms with van der Waals surface area (Å²) in [5, 5.41) is 5.89. The number of methoxy groups -OCH3 is 1. The molecule has 16 heavy (non-hydrogen) atoms. The van der Waals surface area contributed by atoms with Crippen LogP contribution in [0.5, 0.6) is 0 Å². The Hall–Kier alpha value is -1.10. The van der Waals surface area contributed by atoms with Gasteiger partial charge in [0.2, 0.25) is 5.91 Å². The SMILES string of the molecule is COC(=O)C(C)NC(=O)CC1CCCNC1. The second kappa shape index (κ2) is 6.48. The molecule has 2 unspecified atom stereocenters. The molecule has 1 saturated heterocycles. The number of hydrogen-bond acceptors (Lipinski definition) is 4. The molecule has 0 saturated carbocycles. The zero-order chi connectivity index (χ0) is 12.0. The maximum Gasteiger partial charge on any atom is 0.328 e. The van der Waals surface area contributed by atoms with Crippen LogP contribution in [0.15, 0.2) is 0 Å².